The Morgan fingerprint density at radius 1 is 1.17 bits per heavy atom. The molecule has 4 rings (SSSR count). The zero-order valence-corrected chi connectivity index (χ0v) is 17.4. The van der Waals surface area contributed by atoms with Gasteiger partial charge < -0.3 is 15.1 Å². The van der Waals surface area contributed by atoms with E-state index in [1.807, 2.05) is 31.2 Å². The van der Waals surface area contributed by atoms with Crippen LogP contribution >= 0.6 is 11.6 Å². The lowest BCUT2D eigenvalue weighted by Gasteiger charge is -2.25. The molecule has 2 aliphatic rings. The van der Waals surface area contributed by atoms with Crippen molar-refractivity contribution in [3.05, 3.63) is 59.1 Å². The number of carbonyl (C=O) groups is 3. The number of nitrogens with one attached hydrogen (secondary N) is 1. The van der Waals surface area contributed by atoms with E-state index < -0.39 is 0 Å². The molecule has 0 bridgehead atoms. The Kier molecular flexibility index (Phi) is 5.63. The average Bonchev–Trinajstić information content (AvgIpc) is 3.48. The molecule has 2 aromatic carbocycles. The van der Waals surface area contributed by atoms with Gasteiger partial charge in [-0.25, -0.2) is 4.79 Å². The SMILES string of the molecule is Cc1cccc(NC(=O)N(CC(=O)N2CC(=O)N(c3ccc(Cl)cc3)C2)C2CC2)c1. The molecule has 2 aromatic rings. The molecule has 2 fully saturated rings. The summed E-state index contributed by atoms with van der Waals surface area (Å²) in [5, 5.41) is 3.46. The number of halogens is 1. The lowest BCUT2D eigenvalue weighted by atomic mass is 10.2. The molecular formula is C22H23ClN4O3. The summed E-state index contributed by atoms with van der Waals surface area (Å²) in [4.78, 5) is 42.7. The zero-order chi connectivity index (χ0) is 21.3. The van der Waals surface area contributed by atoms with Crippen LogP contribution in [0.4, 0.5) is 16.2 Å². The largest absolute Gasteiger partial charge is 0.322 e. The minimum absolute atomic E-state index is 0.000530. The van der Waals surface area contributed by atoms with E-state index in [9.17, 15) is 14.4 Å². The van der Waals surface area contributed by atoms with Gasteiger partial charge in [-0.1, -0.05) is 23.7 Å². The van der Waals surface area contributed by atoms with Crippen molar-refractivity contribution in [1.29, 1.82) is 0 Å². The second kappa shape index (κ2) is 8.36. The van der Waals surface area contributed by atoms with Gasteiger partial charge in [0.15, 0.2) is 0 Å². The van der Waals surface area contributed by atoms with Crippen molar-refractivity contribution >= 4 is 40.8 Å². The van der Waals surface area contributed by atoms with Gasteiger partial charge in [0.25, 0.3) is 0 Å². The van der Waals surface area contributed by atoms with E-state index in [-0.39, 0.29) is 43.6 Å². The van der Waals surface area contributed by atoms with E-state index in [0.717, 1.165) is 18.4 Å². The minimum atomic E-state index is -0.295. The van der Waals surface area contributed by atoms with Gasteiger partial charge in [-0.05, 0) is 61.7 Å². The summed E-state index contributed by atoms with van der Waals surface area (Å²) in [6.07, 6.45) is 1.76. The number of amides is 4. The maximum absolute atomic E-state index is 12.9. The standard InChI is InChI=1S/C22H23ClN4O3/c1-15-3-2-4-17(11-15)24-22(30)26(18-9-10-18)13-20(28)25-12-21(29)27(14-25)19-7-5-16(23)6-8-19/h2-8,11,18H,9-10,12-14H2,1H3,(H,24,30). The van der Waals surface area contributed by atoms with Crippen LogP contribution in [0.1, 0.15) is 18.4 Å². The van der Waals surface area contributed by atoms with Gasteiger partial charge in [0.2, 0.25) is 11.8 Å². The topological polar surface area (TPSA) is 73.0 Å². The summed E-state index contributed by atoms with van der Waals surface area (Å²) >= 11 is 5.91. The molecule has 30 heavy (non-hydrogen) atoms. The third-order valence-corrected chi connectivity index (χ3v) is 5.51. The van der Waals surface area contributed by atoms with Crippen molar-refractivity contribution in [3.8, 4) is 0 Å². The third kappa shape index (κ3) is 4.57. The van der Waals surface area contributed by atoms with E-state index >= 15 is 0 Å². The minimum Gasteiger partial charge on any atom is -0.314 e. The molecule has 1 N–H and O–H groups in total. The first kappa shape index (κ1) is 20.2. The lowest BCUT2D eigenvalue weighted by Crippen LogP contribution is -2.45. The highest BCUT2D eigenvalue weighted by molar-refractivity contribution is 6.30. The number of carbonyl (C=O) groups excluding carboxylic acids is 3. The van der Waals surface area contributed by atoms with Crippen LogP contribution in [0, 0.1) is 6.92 Å². The second-order valence-corrected chi connectivity index (χ2v) is 8.13. The summed E-state index contributed by atoms with van der Waals surface area (Å²) in [6, 6.07) is 14.2. The molecule has 4 amide bonds. The van der Waals surface area contributed by atoms with E-state index in [1.54, 1.807) is 34.1 Å². The van der Waals surface area contributed by atoms with Crippen molar-refractivity contribution in [1.82, 2.24) is 9.80 Å². The average molecular weight is 427 g/mol. The quantitative estimate of drug-likeness (QED) is 0.795. The normalized spacial score (nSPS) is 16.0. The van der Waals surface area contributed by atoms with E-state index in [4.69, 9.17) is 11.6 Å². The van der Waals surface area contributed by atoms with Crippen LogP contribution in [0.2, 0.25) is 5.02 Å². The molecule has 0 radical (unpaired) electrons. The van der Waals surface area contributed by atoms with Gasteiger partial charge in [-0.2, -0.15) is 0 Å². The number of aryl methyl sites for hydroxylation is 1. The fraction of sp³-hybridized carbons (Fsp3) is 0.318. The molecule has 0 atom stereocenters. The van der Waals surface area contributed by atoms with Gasteiger partial charge >= 0.3 is 6.03 Å². The summed E-state index contributed by atoms with van der Waals surface area (Å²) in [5.41, 5.74) is 2.43. The molecule has 1 aliphatic heterocycles. The highest BCUT2D eigenvalue weighted by atomic mass is 35.5. The van der Waals surface area contributed by atoms with Crippen molar-refractivity contribution in [2.45, 2.75) is 25.8 Å². The van der Waals surface area contributed by atoms with Crippen LogP contribution < -0.4 is 10.2 Å². The van der Waals surface area contributed by atoms with Gasteiger partial charge in [0, 0.05) is 22.4 Å². The summed E-state index contributed by atoms with van der Waals surface area (Å²) in [5.74, 6) is -0.404. The number of rotatable bonds is 5. The summed E-state index contributed by atoms with van der Waals surface area (Å²) in [6.45, 7) is 2.06. The van der Waals surface area contributed by atoms with Crippen molar-refractivity contribution in [2.75, 3.05) is 30.0 Å². The number of anilines is 2. The van der Waals surface area contributed by atoms with Crippen LogP contribution in [0.15, 0.2) is 48.5 Å². The lowest BCUT2D eigenvalue weighted by molar-refractivity contribution is -0.132. The number of urea groups is 1. The number of benzene rings is 2. The van der Waals surface area contributed by atoms with E-state index in [2.05, 4.69) is 5.32 Å². The first-order valence-electron chi connectivity index (χ1n) is 9.89. The predicted molar refractivity (Wildman–Crippen MR) is 115 cm³/mol. The van der Waals surface area contributed by atoms with Crippen molar-refractivity contribution in [3.63, 3.8) is 0 Å². The molecule has 7 nitrogen and oxygen atoms in total. The molecule has 1 aliphatic carbocycles. The fourth-order valence-corrected chi connectivity index (χ4v) is 3.60. The molecule has 0 aromatic heterocycles. The monoisotopic (exact) mass is 426 g/mol. The zero-order valence-electron chi connectivity index (χ0n) is 16.7. The second-order valence-electron chi connectivity index (χ2n) is 7.69. The summed E-state index contributed by atoms with van der Waals surface area (Å²) < 4.78 is 0. The number of hydrogen-bond acceptors (Lipinski definition) is 3. The Morgan fingerprint density at radius 3 is 2.57 bits per heavy atom. The number of hydrogen-bond donors (Lipinski definition) is 1. The molecule has 0 unspecified atom stereocenters. The van der Waals surface area contributed by atoms with Crippen molar-refractivity contribution in [2.24, 2.45) is 0 Å². The Labute approximate surface area is 180 Å². The van der Waals surface area contributed by atoms with Gasteiger partial charge in [-0.3, -0.25) is 14.5 Å². The molecule has 1 saturated heterocycles. The molecule has 1 saturated carbocycles. The fourth-order valence-electron chi connectivity index (χ4n) is 3.48. The van der Waals surface area contributed by atoms with Gasteiger partial charge in [0.1, 0.15) is 19.8 Å². The molecule has 8 heteroatoms. The smallest absolute Gasteiger partial charge is 0.314 e. The maximum atomic E-state index is 12.9. The Balaban J connectivity index is 1.40. The Bertz CT molecular complexity index is 975. The third-order valence-electron chi connectivity index (χ3n) is 5.25. The maximum Gasteiger partial charge on any atom is 0.322 e. The van der Waals surface area contributed by atoms with E-state index in [0.29, 0.717) is 16.4 Å². The van der Waals surface area contributed by atoms with E-state index in [1.165, 1.54) is 4.90 Å². The van der Waals surface area contributed by atoms with Crippen LogP contribution in [0.5, 0.6) is 0 Å². The van der Waals surface area contributed by atoms with Crippen LogP contribution in [-0.2, 0) is 9.59 Å². The molecule has 0 spiro atoms. The predicted octanol–water partition coefficient (Wildman–Crippen LogP) is 3.48. The van der Waals surface area contributed by atoms with Crippen LogP contribution in [-0.4, -0.2) is 53.4 Å². The summed E-state index contributed by atoms with van der Waals surface area (Å²) in [7, 11) is 0. The first-order chi connectivity index (χ1) is 14.4. The number of nitrogens with zero attached hydrogens (tertiary/aromatic N) is 3. The Morgan fingerprint density at radius 2 is 1.90 bits per heavy atom. The highest BCUT2D eigenvalue weighted by Gasteiger charge is 2.37. The van der Waals surface area contributed by atoms with Crippen LogP contribution in [0.25, 0.3) is 0 Å². The Hall–Kier alpha value is -3.06. The highest BCUT2D eigenvalue weighted by Crippen LogP contribution is 2.28. The molecular weight excluding hydrogens is 404 g/mol. The van der Waals surface area contributed by atoms with Crippen molar-refractivity contribution < 1.29 is 14.4 Å². The molecule has 1 heterocycles. The first-order valence-corrected chi connectivity index (χ1v) is 10.3. The molecule has 156 valence electrons. The van der Waals surface area contributed by atoms with Gasteiger partial charge in [-0.15, -0.1) is 0 Å². The van der Waals surface area contributed by atoms with Crippen LogP contribution in [0.3, 0.4) is 0 Å². The van der Waals surface area contributed by atoms with Gasteiger partial charge in [0.05, 0.1) is 0 Å².